The summed E-state index contributed by atoms with van der Waals surface area (Å²) in [5.74, 6) is 0.529. The van der Waals surface area contributed by atoms with Crippen LogP contribution in [0.25, 0.3) is 33.5 Å². The van der Waals surface area contributed by atoms with Crippen molar-refractivity contribution >= 4 is 33.8 Å². The first-order valence-electron chi connectivity index (χ1n) is 11.4. The second kappa shape index (κ2) is 8.46. The summed E-state index contributed by atoms with van der Waals surface area (Å²) in [5.41, 5.74) is 2.29. The average Bonchev–Trinajstić information content (AvgIpc) is 3.60. The highest BCUT2D eigenvalue weighted by molar-refractivity contribution is 5.95. The molecule has 1 fully saturated rings. The van der Waals surface area contributed by atoms with Crippen molar-refractivity contribution < 1.29 is 9.18 Å². The fourth-order valence-corrected chi connectivity index (χ4v) is 4.75. The van der Waals surface area contributed by atoms with Crippen molar-refractivity contribution in [3.8, 4) is 11.4 Å². The molecule has 0 aliphatic heterocycles. The number of pyridine rings is 1. The molecule has 0 bridgehead atoms. The number of rotatable bonds is 5. The molecule has 0 saturated heterocycles. The maximum atomic E-state index is 13.9. The SMILES string of the molecule is Cn1ccc2c(N[C@@H]3CCC[C@H](NC(=O)c4cn[nH]n4)C3)nc(-c3c[nH]c4ncc(F)cc34)nc21. The molecule has 1 aliphatic rings. The van der Waals surface area contributed by atoms with Gasteiger partial charge in [0.25, 0.3) is 5.91 Å². The van der Waals surface area contributed by atoms with Gasteiger partial charge in [-0.05, 0) is 37.8 Å². The number of carbonyl (C=O) groups excluding carboxylic acids is 1. The number of aromatic amines is 2. The van der Waals surface area contributed by atoms with E-state index in [0.29, 0.717) is 28.2 Å². The average molecular weight is 475 g/mol. The summed E-state index contributed by atoms with van der Waals surface area (Å²) in [7, 11) is 1.93. The second-order valence-electron chi connectivity index (χ2n) is 8.85. The zero-order valence-electron chi connectivity index (χ0n) is 18.9. The van der Waals surface area contributed by atoms with E-state index >= 15 is 0 Å². The second-order valence-corrected chi connectivity index (χ2v) is 8.85. The van der Waals surface area contributed by atoms with Gasteiger partial charge < -0.3 is 20.2 Å². The van der Waals surface area contributed by atoms with Gasteiger partial charge in [-0.1, -0.05) is 0 Å². The third kappa shape index (κ3) is 3.96. The summed E-state index contributed by atoms with van der Waals surface area (Å²) in [6.45, 7) is 0. The fraction of sp³-hybridized carbons (Fsp3) is 0.304. The molecule has 12 heteroatoms. The number of fused-ring (bicyclic) bond motifs is 2. The lowest BCUT2D eigenvalue weighted by Gasteiger charge is -2.30. The minimum absolute atomic E-state index is 0.0145. The van der Waals surface area contributed by atoms with Crippen molar-refractivity contribution in [3.63, 3.8) is 0 Å². The third-order valence-electron chi connectivity index (χ3n) is 6.46. The van der Waals surface area contributed by atoms with Crippen LogP contribution in [0.2, 0.25) is 0 Å². The smallest absolute Gasteiger partial charge is 0.273 e. The lowest BCUT2D eigenvalue weighted by Crippen LogP contribution is -2.42. The van der Waals surface area contributed by atoms with Crippen LogP contribution in [0.3, 0.4) is 0 Å². The van der Waals surface area contributed by atoms with Crippen LogP contribution in [0, 0.1) is 5.82 Å². The number of aromatic nitrogens is 8. The van der Waals surface area contributed by atoms with E-state index in [4.69, 9.17) is 9.97 Å². The molecule has 1 amide bonds. The Morgan fingerprint density at radius 3 is 2.94 bits per heavy atom. The Morgan fingerprint density at radius 1 is 1.20 bits per heavy atom. The normalized spacial score (nSPS) is 18.2. The molecule has 1 aliphatic carbocycles. The number of amides is 1. The van der Waals surface area contributed by atoms with E-state index in [1.54, 1.807) is 6.20 Å². The van der Waals surface area contributed by atoms with Crippen LogP contribution in [0.4, 0.5) is 10.2 Å². The van der Waals surface area contributed by atoms with Crippen molar-refractivity contribution in [2.75, 3.05) is 5.32 Å². The highest BCUT2D eigenvalue weighted by Gasteiger charge is 2.26. The molecule has 5 heterocycles. The van der Waals surface area contributed by atoms with Crippen LogP contribution < -0.4 is 10.6 Å². The maximum Gasteiger partial charge on any atom is 0.273 e. The van der Waals surface area contributed by atoms with E-state index in [2.05, 4.69) is 36.0 Å². The summed E-state index contributed by atoms with van der Waals surface area (Å²) in [4.78, 5) is 29.2. The highest BCUT2D eigenvalue weighted by Crippen LogP contribution is 2.31. The summed E-state index contributed by atoms with van der Waals surface area (Å²) in [6.07, 6.45) is 9.84. The van der Waals surface area contributed by atoms with Gasteiger partial charge in [0.05, 0.1) is 17.8 Å². The predicted octanol–water partition coefficient (Wildman–Crippen LogP) is 2.92. The lowest BCUT2D eigenvalue weighted by molar-refractivity contribution is 0.0921. The third-order valence-corrected chi connectivity index (χ3v) is 6.46. The first kappa shape index (κ1) is 21.2. The minimum Gasteiger partial charge on any atom is -0.367 e. The van der Waals surface area contributed by atoms with Crippen molar-refractivity contribution in [2.24, 2.45) is 7.05 Å². The Bertz CT molecular complexity index is 1520. The van der Waals surface area contributed by atoms with Crippen LogP contribution in [-0.2, 0) is 7.05 Å². The van der Waals surface area contributed by atoms with Crippen LogP contribution in [0.5, 0.6) is 0 Å². The van der Waals surface area contributed by atoms with Crippen molar-refractivity contribution in [1.82, 2.24) is 45.2 Å². The molecule has 4 N–H and O–H groups in total. The van der Waals surface area contributed by atoms with E-state index in [0.717, 1.165) is 36.7 Å². The number of aryl methyl sites for hydroxylation is 1. The zero-order chi connectivity index (χ0) is 23.9. The number of halogens is 1. The van der Waals surface area contributed by atoms with Crippen molar-refractivity contribution in [3.05, 3.63) is 48.4 Å². The molecule has 6 rings (SSSR count). The summed E-state index contributed by atoms with van der Waals surface area (Å²) in [5, 5.41) is 18.2. The molecule has 11 nitrogen and oxygen atoms in total. The fourth-order valence-electron chi connectivity index (χ4n) is 4.75. The molecular formula is C23H23FN10O. The standard InChI is InChI=1S/C23H23FN10O/c1-34-6-5-15-20(28-13-3-2-4-14(8-13)29-23(35)18-11-27-33-32-18)30-21(31-22(15)34)17-10-26-19-16(17)7-12(24)9-25-19/h5-7,9-11,13-14H,2-4,8H2,1H3,(H,25,26)(H,29,35)(H,27,32,33)(H,28,30,31)/t13-,14+/m1/s1. The monoisotopic (exact) mass is 474 g/mol. The van der Waals surface area contributed by atoms with Crippen molar-refractivity contribution in [1.29, 1.82) is 0 Å². The molecular weight excluding hydrogens is 451 g/mol. The number of hydrogen-bond acceptors (Lipinski definition) is 7. The number of carbonyl (C=O) groups is 1. The van der Waals surface area contributed by atoms with Gasteiger partial charge >= 0.3 is 0 Å². The molecule has 0 radical (unpaired) electrons. The highest BCUT2D eigenvalue weighted by atomic mass is 19.1. The van der Waals surface area contributed by atoms with E-state index in [-0.39, 0.29) is 23.7 Å². The summed E-state index contributed by atoms with van der Waals surface area (Å²) < 4.78 is 15.8. The number of hydrogen-bond donors (Lipinski definition) is 4. The van der Waals surface area contributed by atoms with Crippen LogP contribution in [-0.4, -0.2) is 57.9 Å². The Balaban J connectivity index is 1.30. The van der Waals surface area contributed by atoms with Crippen LogP contribution >= 0.6 is 0 Å². The zero-order valence-corrected chi connectivity index (χ0v) is 18.9. The van der Waals surface area contributed by atoms with Gasteiger partial charge in [-0.25, -0.2) is 19.3 Å². The van der Waals surface area contributed by atoms with Gasteiger partial charge in [0.1, 0.15) is 22.9 Å². The lowest BCUT2D eigenvalue weighted by atomic mass is 9.90. The molecule has 2 atom stereocenters. The van der Waals surface area contributed by atoms with Crippen molar-refractivity contribution in [2.45, 2.75) is 37.8 Å². The van der Waals surface area contributed by atoms with Crippen LogP contribution in [0.1, 0.15) is 36.2 Å². The van der Waals surface area contributed by atoms with Crippen LogP contribution in [0.15, 0.2) is 36.9 Å². The quantitative estimate of drug-likeness (QED) is 0.307. The molecule has 1 saturated carbocycles. The van der Waals surface area contributed by atoms with Gasteiger partial charge in [0.15, 0.2) is 11.5 Å². The van der Waals surface area contributed by atoms with Gasteiger partial charge in [-0.2, -0.15) is 15.4 Å². The number of H-pyrrole nitrogens is 2. The summed E-state index contributed by atoms with van der Waals surface area (Å²) >= 11 is 0. The first-order valence-corrected chi connectivity index (χ1v) is 11.4. The Kier molecular flexibility index (Phi) is 5.12. The Hall–Kier alpha value is -4.35. The largest absolute Gasteiger partial charge is 0.367 e. The van der Waals surface area contributed by atoms with E-state index < -0.39 is 5.82 Å². The number of nitrogens with zero attached hydrogens (tertiary/aromatic N) is 6. The van der Waals surface area contributed by atoms with Gasteiger partial charge in [0.2, 0.25) is 0 Å². The molecule has 178 valence electrons. The predicted molar refractivity (Wildman–Crippen MR) is 127 cm³/mol. The van der Waals surface area contributed by atoms with E-state index in [1.807, 2.05) is 23.9 Å². The van der Waals surface area contributed by atoms with Gasteiger partial charge in [0, 0.05) is 42.5 Å². The molecule has 0 unspecified atom stereocenters. The van der Waals surface area contributed by atoms with Gasteiger partial charge in [-0.15, -0.1) is 0 Å². The van der Waals surface area contributed by atoms with E-state index in [1.165, 1.54) is 18.5 Å². The summed E-state index contributed by atoms with van der Waals surface area (Å²) in [6, 6.07) is 3.54. The molecule has 0 aromatic carbocycles. The minimum atomic E-state index is -0.419. The first-order chi connectivity index (χ1) is 17.0. The maximum absolute atomic E-state index is 13.9. The number of anilines is 1. The number of nitrogens with one attached hydrogen (secondary N) is 4. The Labute approximate surface area is 198 Å². The molecule has 5 aromatic rings. The molecule has 35 heavy (non-hydrogen) atoms. The molecule has 5 aromatic heterocycles. The Morgan fingerprint density at radius 2 is 2.09 bits per heavy atom. The topological polar surface area (TPSA) is 142 Å². The van der Waals surface area contributed by atoms with Gasteiger partial charge in [-0.3, -0.25) is 4.79 Å². The molecule has 0 spiro atoms. The van der Waals surface area contributed by atoms with E-state index in [9.17, 15) is 9.18 Å².